The highest BCUT2D eigenvalue weighted by atomic mass is 16.6. The Kier molecular flexibility index (Phi) is 3.55. The summed E-state index contributed by atoms with van der Waals surface area (Å²) in [5.74, 6) is 0. The van der Waals surface area contributed by atoms with Crippen LogP contribution in [0.3, 0.4) is 0 Å². The van der Waals surface area contributed by atoms with E-state index in [-0.39, 0.29) is 0 Å². The van der Waals surface area contributed by atoms with Gasteiger partial charge in [-0.05, 0) is 0 Å². The van der Waals surface area contributed by atoms with E-state index in [9.17, 15) is 0 Å². The number of hydrogen-bond acceptors (Lipinski definition) is 4. The van der Waals surface area contributed by atoms with Gasteiger partial charge in [-0.25, -0.2) is 0 Å². The maximum Gasteiger partial charge on any atom is 0.104 e. The molecule has 2 fully saturated rings. The van der Waals surface area contributed by atoms with Crippen molar-refractivity contribution in [3.8, 4) is 0 Å². The Morgan fingerprint density at radius 1 is 1.31 bits per heavy atom. The third-order valence-corrected chi connectivity index (χ3v) is 2.36. The maximum absolute atomic E-state index is 5.45. The minimum atomic E-state index is 0.393. The molecule has 0 aromatic rings. The molecular weight excluding hydrogens is 170 g/mol. The first-order valence-corrected chi connectivity index (χ1v) is 4.94. The summed E-state index contributed by atoms with van der Waals surface area (Å²) in [6, 6.07) is 0. The van der Waals surface area contributed by atoms with Crippen molar-refractivity contribution in [2.24, 2.45) is 0 Å². The Balaban J connectivity index is 1.46. The summed E-state index contributed by atoms with van der Waals surface area (Å²) in [6.07, 6.45) is 0.393. The van der Waals surface area contributed by atoms with E-state index < -0.39 is 0 Å². The summed E-state index contributed by atoms with van der Waals surface area (Å²) in [5.41, 5.74) is 0. The molecular formula is C9H17NO3. The number of morpholine rings is 1. The average Bonchev–Trinajstić information content (AvgIpc) is 2.98. The first kappa shape index (κ1) is 9.40. The van der Waals surface area contributed by atoms with Crippen molar-refractivity contribution in [2.75, 3.05) is 52.7 Å². The van der Waals surface area contributed by atoms with Gasteiger partial charge in [-0.3, -0.25) is 4.90 Å². The van der Waals surface area contributed by atoms with Gasteiger partial charge >= 0.3 is 0 Å². The lowest BCUT2D eigenvalue weighted by Crippen LogP contribution is -2.38. The summed E-state index contributed by atoms with van der Waals surface area (Å²) in [6.45, 7) is 7.32. The molecule has 1 atom stereocenters. The molecule has 2 rings (SSSR count). The molecule has 0 amide bonds. The molecule has 0 aromatic carbocycles. The van der Waals surface area contributed by atoms with E-state index in [0.29, 0.717) is 6.10 Å². The third-order valence-electron chi connectivity index (χ3n) is 2.36. The zero-order chi connectivity index (χ0) is 8.93. The van der Waals surface area contributed by atoms with Gasteiger partial charge in [-0.15, -0.1) is 0 Å². The van der Waals surface area contributed by atoms with Gasteiger partial charge in [0.2, 0.25) is 0 Å². The monoisotopic (exact) mass is 187 g/mol. The van der Waals surface area contributed by atoms with Gasteiger partial charge in [0.05, 0.1) is 33.0 Å². The molecule has 0 spiro atoms. The summed E-state index contributed by atoms with van der Waals surface area (Å²) in [7, 11) is 0. The largest absolute Gasteiger partial charge is 0.379 e. The predicted molar refractivity (Wildman–Crippen MR) is 47.8 cm³/mol. The zero-order valence-electron chi connectivity index (χ0n) is 7.91. The molecule has 0 aliphatic carbocycles. The molecule has 2 heterocycles. The lowest BCUT2D eigenvalue weighted by Gasteiger charge is -2.26. The van der Waals surface area contributed by atoms with Gasteiger partial charge in [0.15, 0.2) is 0 Å². The molecule has 4 nitrogen and oxygen atoms in total. The second kappa shape index (κ2) is 4.91. The minimum Gasteiger partial charge on any atom is -0.379 e. The van der Waals surface area contributed by atoms with E-state index in [1.807, 2.05) is 0 Å². The molecule has 0 unspecified atom stereocenters. The Bertz CT molecular complexity index is 144. The molecule has 2 aliphatic rings. The fraction of sp³-hybridized carbons (Fsp3) is 1.00. The number of epoxide rings is 1. The van der Waals surface area contributed by atoms with Crippen molar-refractivity contribution < 1.29 is 14.2 Å². The zero-order valence-corrected chi connectivity index (χ0v) is 7.91. The van der Waals surface area contributed by atoms with Crippen LogP contribution < -0.4 is 0 Å². The van der Waals surface area contributed by atoms with Crippen LogP contribution in [0.2, 0.25) is 0 Å². The van der Waals surface area contributed by atoms with Crippen molar-refractivity contribution in [2.45, 2.75) is 6.10 Å². The fourth-order valence-electron chi connectivity index (χ4n) is 1.40. The summed E-state index contributed by atoms with van der Waals surface area (Å²) < 4.78 is 15.7. The van der Waals surface area contributed by atoms with Crippen molar-refractivity contribution in [3.63, 3.8) is 0 Å². The first-order valence-electron chi connectivity index (χ1n) is 4.94. The van der Waals surface area contributed by atoms with Crippen LogP contribution in [0.4, 0.5) is 0 Å². The lowest BCUT2D eigenvalue weighted by atomic mass is 10.4. The summed E-state index contributed by atoms with van der Waals surface area (Å²) in [4.78, 5) is 2.37. The third kappa shape index (κ3) is 3.60. The second-order valence-electron chi connectivity index (χ2n) is 3.48. The summed E-state index contributed by atoms with van der Waals surface area (Å²) >= 11 is 0. The number of hydrogen-bond donors (Lipinski definition) is 0. The molecule has 2 aliphatic heterocycles. The van der Waals surface area contributed by atoms with Crippen LogP contribution in [-0.2, 0) is 14.2 Å². The number of rotatable bonds is 5. The highest BCUT2D eigenvalue weighted by Gasteiger charge is 2.22. The fourth-order valence-corrected chi connectivity index (χ4v) is 1.40. The smallest absolute Gasteiger partial charge is 0.104 e. The van der Waals surface area contributed by atoms with Crippen LogP contribution in [0.15, 0.2) is 0 Å². The van der Waals surface area contributed by atoms with Gasteiger partial charge in [-0.1, -0.05) is 0 Å². The van der Waals surface area contributed by atoms with E-state index in [1.165, 1.54) is 0 Å². The van der Waals surface area contributed by atoms with Crippen LogP contribution in [0.1, 0.15) is 0 Å². The van der Waals surface area contributed by atoms with Crippen LogP contribution in [0, 0.1) is 0 Å². The first-order chi connectivity index (χ1) is 6.45. The minimum absolute atomic E-state index is 0.393. The highest BCUT2D eigenvalue weighted by molar-refractivity contribution is 4.67. The highest BCUT2D eigenvalue weighted by Crippen LogP contribution is 2.08. The molecule has 0 aromatic heterocycles. The molecule has 0 N–H and O–H groups in total. The summed E-state index contributed by atoms with van der Waals surface area (Å²) in [5, 5.41) is 0. The molecule has 4 heteroatoms. The van der Waals surface area contributed by atoms with E-state index in [2.05, 4.69) is 4.90 Å². The Morgan fingerprint density at radius 2 is 2.08 bits per heavy atom. The van der Waals surface area contributed by atoms with Gasteiger partial charge in [-0.2, -0.15) is 0 Å². The van der Waals surface area contributed by atoms with Gasteiger partial charge < -0.3 is 14.2 Å². The van der Waals surface area contributed by atoms with E-state index in [4.69, 9.17) is 14.2 Å². The van der Waals surface area contributed by atoms with Crippen LogP contribution in [0.5, 0.6) is 0 Å². The van der Waals surface area contributed by atoms with E-state index in [1.54, 1.807) is 0 Å². The molecule has 13 heavy (non-hydrogen) atoms. The SMILES string of the molecule is C1CN(CCOC[C@H]2CO2)CCO1. The normalized spacial score (nSPS) is 29.1. The Morgan fingerprint density at radius 3 is 2.77 bits per heavy atom. The van der Waals surface area contributed by atoms with Crippen molar-refractivity contribution in [1.29, 1.82) is 0 Å². The van der Waals surface area contributed by atoms with Crippen LogP contribution in [-0.4, -0.2) is 63.7 Å². The predicted octanol–water partition coefficient (Wildman–Crippen LogP) is -0.266. The van der Waals surface area contributed by atoms with Crippen molar-refractivity contribution in [3.05, 3.63) is 0 Å². The molecule has 2 saturated heterocycles. The van der Waals surface area contributed by atoms with Gasteiger partial charge in [0.25, 0.3) is 0 Å². The number of ether oxygens (including phenoxy) is 3. The average molecular weight is 187 g/mol. The van der Waals surface area contributed by atoms with Crippen LogP contribution >= 0.6 is 0 Å². The maximum atomic E-state index is 5.45. The topological polar surface area (TPSA) is 34.2 Å². The van der Waals surface area contributed by atoms with Crippen molar-refractivity contribution >= 4 is 0 Å². The Hall–Kier alpha value is -0.160. The molecule has 76 valence electrons. The Labute approximate surface area is 78.7 Å². The number of nitrogens with zero attached hydrogens (tertiary/aromatic N) is 1. The molecule has 0 bridgehead atoms. The second-order valence-corrected chi connectivity index (χ2v) is 3.48. The molecule has 0 saturated carbocycles. The quantitative estimate of drug-likeness (QED) is 0.438. The van der Waals surface area contributed by atoms with E-state index >= 15 is 0 Å². The van der Waals surface area contributed by atoms with Gasteiger partial charge in [0.1, 0.15) is 6.10 Å². The van der Waals surface area contributed by atoms with Crippen LogP contribution in [0.25, 0.3) is 0 Å². The van der Waals surface area contributed by atoms with Crippen molar-refractivity contribution in [1.82, 2.24) is 4.90 Å². The van der Waals surface area contributed by atoms with E-state index in [0.717, 1.165) is 52.7 Å². The lowest BCUT2D eigenvalue weighted by molar-refractivity contribution is 0.0187. The van der Waals surface area contributed by atoms with Gasteiger partial charge in [0, 0.05) is 19.6 Å². The molecule has 0 radical (unpaired) electrons. The standard InChI is InChI=1S/C9H17NO3/c1-4-11-5-2-10(1)3-6-12-7-9-8-13-9/h9H,1-8H2/t9-/m0/s1.